The van der Waals surface area contributed by atoms with Gasteiger partial charge in [0, 0.05) is 40.7 Å². The summed E-state index contributed by atoms with van der Waals surface area (Å²) >= 11 is 12.5. The molecule has 5 atom stereocenters. The van der Waals surface area contributed by atoms with Gasteiger partial charge in [0.1, 0.15) is 0 Å². The molecule has 0 amide bonds. The van der Waals surface area contributed by atoms with Crippen LogP contribution in [0.1, 0.15) is 51.4 Å². The lowest BCUT2D eigenvalue weighted by Crippen LogP contribution is -2.35. The second-order valence-corrected chi connectivity index (χ2v) is 12.8. The molecule has 2 aromatic rings. The first-order chi connectivity index (χ1) is 15.0. The van der Waals surface area contributed by atoms with Gasteiger partial charge in [0.25, 0.3) is 7.37 Å². The van der Waals surface area contributed by atoms with Crippen LogP contribution in [-0.4, -0.2) is 25.3 Å². The third-order valence-corrected chi connectivity index (χ3v) is 9.63. The first-order valence-electron chi connectivity index (χ1n) is 11.2. The summed E-state index contributed by atoms with van der Waals surface area (Å²) in [4.78, 5) is 1.97. The number of rotatable bonds is 7. The summed E-state index contributed by atoms with van der Waals surface area (Å²) in [5.41, 5.74) is 1.34. The van der Waals surface area contributed by atoms with Crippen LogP contribution in [0.3, 0.4) is 0 Å². The van der Waals surface area contributed by atoms with Gasteiger partial charge in [-0.15, -0.1) is 0 Å². The summed E-state index contributed by atoms with van der Waals surface area (Å²) in [5.74, 6) is -0.222. The van der Waals surface area contributed by atoms with Crippen molar-refractivity contribution in [3.05, 3.63) is 58.1 Å². The molecule has 0 bridgehead atoms. The first kappa shape index (κ1) is 25.6. The minimum atomic E-state index is -3.74. The molecule has 0 spiro atoms. The summed E-state index contributed by atoms with van der Waals surface area (Å²) in [7, 11) is 0.158. The molecule has 0 unspecified atom stereocenters. The Morgan fingerprint density at radius 3 is 2.31 bits per heavy atom. The van der Waals surface area contributed by atoms with Crippen LogP contribution < -0.4 is 10.2 Å². The van der Waals surface area contributed by atoms with Crippen LogP contribution in [0.2, 0.25) is 10.0 Å². The molecule has 176 valence electrons. The van der Waals surface area contributed by atoms with Crippen molar-refractivity contribution in [3.63, 3.8) is 0 Å². The minimum Gasteiger partial charge on any atom is -0.378 e. The second kappa shape index (κ2) is 10.5. The van der Waals surface area contributed by atoms with Crippen molar-refractivity contribution in [1.82, 2.24) is 0 Å². The van der Waals surface area contributed by atoms with Crippen molar-refractivity contribution >= 4 is 41.6 Å². The lowest BCUT2D eigenvalue weighted by molar-refractivity contribution is 0.0427. The Morgan fingerprint density at radius 1 is 1.09 bits per heavy atom. The van der Waals surface area contributed by atoms with Crippen molar-refractivity contribution < 1.29 is 14.2 Å². The number of anilines is 1. The number of hydrogen-bond acceptors (Lipinski definition) is 4. The van der Waals surface area contributed by atoms with E-state index in [1.165, 1.54) is 0 Å². The van der Waals surface area contributed by atoms with E-state index in [2.05, 4.69) is 20.8 Å². The Bertz CT molecular complexity index is 964. The summed E-state index contributed by atoms with van der Waals surface area (Å²) in [5, 5.41) is 12.7. The Kier molecular flexibility index (Phi) is 8.39. The first-order valence-corrected chi connectivity index (χ1v) is 13.7. The van der Waals surface area contributed by atoms with E-state index >= 15 is 0 Å². The maximum Gasteiger partial charge on any atom is 0.264 e. The lowest BCUT2D eigenvalue weighted by atomic mass is 9.75. The molecule has 1 aliphatic rings. The quantitative estimate of drug-likeness (QED) is 0.413. The number of nitrogens with zero attached hydrogens (tertiary/aromatic N) is 1. The van der Waals surface area contributed by atoms with Gasteiger partial charge in [-0.2, -0.15) is 0 Å². The van der Waals surface area contributed by atoms with Crippen molar-refractivity contribution in [3.8, 4) is 0 Å². The van der Waals surface area contributed by atoms with Crippen LogP contribution in [0, 0.1) is 17.8 Å². The average Bonchev–Trinajstić information content (AvgIpc) is 2.73. The molecule has 1 N–H and O–H groups in total. The zero-order valence-electron chi connectivity index (χ0n) is 19.5. The van der Waals surface area contributed by atoms with Gasteiger partial charge < -0.3 is 14.5 Å². The minimum absolute atomic E-state index is 0.196. The monoisotopic (exact) mass is 497 g/mol. The molecule has 1 aliphatic carbocycles. The van der Waals surface area contributed by atoms with Gasteiger partial charge in [-0.1, -0.05) is 56.5 Å². The fraction of sp³-hybridized carbons (Fsp3) is 0.520. The highest BCUT2D eigenvalue weighted by Gasteiger charge is 2.43. The number of benzene rings is 2. The van der Waals surface area contributed by atoms with E-state index in [1.54, 1.807) is 30.3 Å². The molecular weight excluding hydrogens is 464 g/mol. The molecule has 3 rings (SSSR count). The largest absolute Gasteiger partial charge is 0.378 e. The predicted molar refractivity (Wildman–Crippen MR) is 136 cm³/mol. The molecule has 0 aromatic heterocycles. The van der Waals surface area contributed by atoms with Crippen molar-refractivity contribution in [1.29, 1.82) is 0 Å². The highest BCUT2D eigenvalue weighted by atomic mass is 35.5. The van der Waals surface area contributed by atoms with Crippen LogP contribution >= 0.6 is 30.6 Å². The van der Waals surface area contributed by atoms with Crippen LogP contribution in [0.5, 0.6) is 0 Å². The fourth-order valence-electron chi connectivity index (χ4n) is 4.55. The lowest BCUT2D eigenvalue weighted by Gasteiger charge is -2.40. The maximum absolute atomic E-state index is 14.6. The molecule has 2 aromatic carbocycles. The van der Waals surface area contributed by atoms with Crippen molar-refractivity contribution in [2.75, 3.05) is 19.0 Å². The Balaban J connectivity index is 2.06. The van der Waals surface area contributed by atoms with Gasteiger partial charge in [-0.25, -0.2) is 0 Å². The highest BCUT2D eigenvalue weighted by Crippen LogP contribution is 2.61. The molecular formula is C25H34Cl2NO3P. The molecule has 4 nitrogen and oxygen atoms in total. The highest BCUT2D eigenvalue weighted by molar-refractivity contribution is 7.67. The number of halogens is 2. The summed E-state index contributed by atoms with van der Waals surface area (Å²) in [6.45, 7) is 6.57. The van der Waals surface area contributed by atoms with Crippen molar-refractivity contribution in [2.24, 2.45) is 17.8 Å². The van der Waals surface area contributed by atoms with Crippen LogP contribution in [0.25, 0.3) is 0 Å². The van der Waals surface area contributed by atoms with Gasteiger partial charge in [0.05, 0.1) is 6.10 Å². The molecule has 1 fully saturated rings. The van der Waals surface area contributed by atoms with Gasteiger partial charge in [-0.3, -0.25) is 4.57 Å². The van der Waals surface area contributed by atoms with E-state index in [0.29, 0.717) is 27.7 Å². The zero-order chi connectivity index (χ0) is 23.6. The molecule has 0 heterocycles. The number of hydrogen-bond donors (Lipinski definition) is 1. The van der Waals surface area contributed by atoms with Crippen LogP contribution in [0.15, 0.2) is 42.5 Å². The number of aliphatic hydroxyl groups is 1. The van der Waals surface area contributed by atoms with Gasteiger partial charge in [0.15, 0.2) is 5.85 Å². The summed E-state index contributed by atoms with van der Waals surface area (Å²) in [6, 6.07) is 12.2. The smallest absolute Gasteiger partial charge is 0.264 e. The molecule has 7 heteroatoms. The van der Waals surface area contributed by atoms with E-state index in [-0.39, 0.29) is 17.0 Å². The molecule has 1 saturated carbocycles. The average molecular weight is 498 g/mol. The Morgan fingerprint density at radius 2 is 1.75 bits per heavy atom. The zero-order valence-corrected chi connectivity index (χ0v) is 21.9. The van der Waals surface area contributed by atoms with E-state index in [1.807, 2.05) is 31.1 Å². The molecule has 0 radical (unpaired) electrons. The fourth-order valence-corrected chi connectivity index (χ4v) is 7.46. The molecule has 0 saturated heterocycles. The SMILES string of the molecule is CC(C)[C@H]1CC[C@@H](C)C[C@H]1O[P@@](=O)(c1ccc(N(C)C)cc1)[C@H](O)c1ccc(Cl)cc1Cl. The third kappa shape index (κ3) is 5.54. The van der Waals surface area contributed by atoms with Crippen molar-refractivity contribution in [2.45, 2.75) is 52.0 Å². The van der Waals surface area contributed by atoms with E-state index in [4.69, 9.17) is 27.7 Å². The standard InChI is InChI=1S/C25H34Cl2NO3P/c1-16(2)21-12-6-17(3)14-24(21)31-32(30,20-10-8-19(9-11-20)28(4)5)25(29)22-13-7-18(26)15-23(22)27/h7-11,13,15-17,21,24-25,29H,6,12,14H2,1-5H3/t17-,21-,24-,25+,32+/m1/s1. The second-order valence-electron chi connectivity index (χ2n) is 9.52. The third-order valence-electron chi connectivity index (χ3n) is 6.54. The summed E-state index contributed by atoms with van der Waals surface area (Å²) in [6.07, 6.45) is 2.79. The van der Waals surface area contributed by atoms with Gasteiger partial charge in [0.2, 0.25) is 0 Å². The predicted octanol–water partition coefficient (Wildman–Crippen LogP) is 7.13. The van der Waals surface area contributed by atoms with Gasteiger partial charge in [-0.05, 0) is 67.0 Å². The van der Waals surface area contributed by atoms with E-state index in [0.717, 1.165) is 24.9 Å². The van der Waals surface area contributed by atoms with Crippen LogP contribution in [0.4, 0.5) is 5.69 Å². The van der Waals surface area contributed by atoms with Crippen LogP contribution in [-0.2, 0) is 9.09 Å². The van der Waals surface area contributed by atoms with E-state index in [9.17, 15) is 9.67 Å². The summed E-state index contributed by atoms with van der Waals surface area (Å²) < 4.78 is 21.1. The molecule has 0 aliphatic heterocycles. The maximum atomic E-state index is 14.6. The topological polar surface area (TPSA) is 49.8 Å². The normalized spacial score (nSPS) is 24.2. The number of aliphatic hydroxyl groups excluding tert-OH is 1. The van der Waals surface area contributed by atoms with E-state index < -0.39 is 13.2 Å². The van der Waals surface area contributed by atoms with Gasteiger partial charge >= 0.3 is 0 Å². The Labute approximate surface area is 202 Å². The molecule has 32 heavy (non-hydrogen) atoms. The Hall–Kier alpha value is -1.03.